The van der Waals surface area contributed by atoms with E-state index in [0.29, 0.717) is 20.5 Å². The van der Waals surface area contributed by atoms with Gasteiger partial charge >= 0.3 is 6.18 Å². The highest BCUT2D eigenvalue weighted by Gasteiger charge is 2.31. The largest absolute Gasteiger partial charge is 0.416 e. The van der Waals surface area contributed by atoms with Crippen LogP contribution < -0.4 is 10.6 Å². The lowest BCUT2D eigenvalue weighted by Gasteiger charge is -2.22. The second-order valence-electron chi connectivity index (χ2n) is 5.18. The van der Waals surface area contributed by atoms with Crippen molar-refractivity contribution in [1.29, 1.82) is 5.26 Å². The van der Waals surface area contributed by atoms with Crippen LogP contribution in [0.1, 0.15) is 16.7 Å². The SMILES string of the molecule is CN1N=C(SCc2ccc(C(F)(F)F)cc2C#N)Sc2c1cn[nH]c2=O. The van der Waals surface area contributed by atoms with Crippen molar-refractivity contribution in [3.8, 4) is 6.07 Å². The van der Waals surface area contributed by atoms with Gasteiger partial charge in [0, 0.05) is 12.8 Å². The molecule has 0 aliphatic carbocycles. The average Bonchev–Trinajstić information content (AvgIpc) is 2.60. The second kappa shape index (κ2) is 7.05. The van der Waals surface area contributed by atoms with Crippen LogP contribution in [0.4, 0.5) is 18.9 Å². The van der Waals surface area contributed by atoms with Crippen LogP contribution in [0, 0.1) is 11.3 Å². The highest BCUT2D eigenvalue weighted by molar-refractivity contribution is 8.38. The van der Waals surface area contributed by atoms with E-state index in [1.54, 1.807) is 13.1 Å². The Morgan fingerprint density at radius 1 is 1.42 bits per heavy atom. The van der Waals surface area contributed by atoms with Gasteiger partial charge in [0.2, 0.25) is 0 Å². The minimum absolute atomic E-state index is 0.0375. The van der Waals surface area contributed by atoms with Crippen LogP contribution in [-0.2, 0) is 11.9 Å². The zero-order valence-corrected chi connectivity index (χ0v) is 14.8. The number of nitrogens with zero attached hydrogens (tertiary/aromatic N) is 4. The molecule has 0 amide bonds. The van der Waals surface area contributed by atoms with E-state index < -0.39 is 11.7 Å². The van der Waals surface area contributed by atoms with Crippen molar-refractivity contribution >= 4 is 33.6 Å². The fraction of sp³-hybridized carbons (Fsp3) is 0.200. The van der Waals surface area contributed by atoms with Crippen molar-refractivity contribution in [3.05, 3.63) is 51.4 Å². The van der Waals surface area contributed by atoms with Crippen LogP contribution >= 0.6 is 23.5 Å². The number of hydrazone groups is 1. The van der Waals surface area contributed by atoms with Gasteiger partial charge in [0.05, 0.1) is 29.1 Å². The quantitative estimate of drug-likeness (QED) is 0.836. The molecule has 1 aromatic carbocycles. The Hall–Kier alpha value is -2.45. The first-order valence-electron chi connectivity index (χ1n) is 7.10. The number of rotatable bonds is 2. The van der Waals surface area contributed by atoms with Crippen molar-refractivity contribution in [1.82, 2.24) is 10.2 Å². The molecule has 1 aliphatic rings. The summed E-state index contributed by atoms with van der Waals surface area (Å²) in [4.78, 5) is 12.3. The number of anilines is 1. The van der Waals surface area contributed by atoms with Gasteiger partial charge in [0.15, 0.2) is 4.38 Å². The van der Waals surface area contributed by atoms with Crippen LogP contribution in [0.25, 0.3) is 0 Å². The van der Waals surface area contributed by atoms with Crippen molar-refractivity contribution in [2.75, 3.05) is 12.1 Å². The van der Waals surface area contributed by atoms with Gasteiger partial charge in [0.1, 0.15) is 4.90 Å². The number of thioether (sulfide) groups is 2. The van der Waals surface area contributed by atoms with Gasteiger partial charge in [-0.15, -0.1) is 0 Å². The van der Waals surface area contributed by atoms with Gasteiger partial charge in [0.25, 0.3) is 5.56 Å². The molecule has 134 valence electrons. The minimum atomic E-state index is -4.50. The molecule has 6 nitrogen and oxygen atoms in total. The molecule has 0 radical (unpaired) electrons. The smallest absolute Gasteiger partial charge is 0.267 e. The summed E-state index contributed by atoms with van der Waals surface area (Å²) in [7, 11) is 1.67. The standard InChI is InChI=1S/C15H10F3N5OS2/c1-23-11-6-20-21-13(24)12(11)26-14(22-23)25-7-8-2-3-10(15(16,17)18)4-9(8)5-19/h2-4,6H,7H2,1H3,(H,21,24). The Morgan fingerprint density at radius 2 is 2.19 bits per heavy atom. The monoisotopic (exact) mass is 397 g/mol. The van der Waals surface area contributed by atoms with Crippen LogP contribution in [0.2, 0.25) is 0 Å². The van der Waals surface area contributed by atoms with Crippen LogP contribution in [0.15, 0.2) is 39.2 Å². The summed E-state index contributed by atoms with van der Waals surface area (Å²) in [6.07, 6.45) is -3.01. The number of nitriles is 1. The molecule has 1 aliphatic heterocycles. The average molecular weight is 397 g/mol. The zero-order chi connectivity index (χ0) is 18.9. The Bertz CT molecular complexity index is 980. The van der Waals surface area contributed by atoms with Gasteiger partial charge in [-0.2, -0.15) is 28.6 Å². The molecule has 0 spiro atoms. The van der Waals surface area contributed by atoms with E-state index in [1.165, 1.54) is 29.0 Å². The lowest BCUT2D eigenvalue weighted by molar-refractivity contribution is -0.137. The fourth-order valence-electron chi connectivity index (χ4n) is 2.17. The molecule has 2 aromatic rings. The predicted octanol–water partition coefficient (Wildman–Crippen LogP) is 3.41. The number of aromatic amines is 1. The molecule has 3 rings (SSSR count). The van der Waals surface area contributed by atoms with Gasteiger partial charge in [-0.05, 0) is 17.7 Å². The first kappa shape index (κ1) is 18.3. The summed E-state index contributed by atoms with van der Waals surface area (Å²) in [5.74, 6) is 0.249. The van der Waals surface area contributed by atoms with E-state index in [0.717, 1.165) is 23.9 Å². The molecular weight excluding hydrogens is 387 g/mol. The topological polar surface area (TPSA) is 85.1 Å². The van der Waals surface area contributed by atoms with Crippen molar-refractivity contribution in [2.45, 2.75) is 16.8 Å². The van der Waals surface area contributed by atoms with Gasteiger partial charge < -0.3 is 0 Å². The summed E-state index contributed by atoms with van der Waals surface area (Å²) in [5.41, 5.74) is -0.217. The summed E-state index contributed by atoms with van der Waals surface area (Å²) in [6, 6.07) is 4.87. The van der Waals surface area contributed by atoms with Crippen LogP contribution in [0.3, 0.4) is 0 Å². The Morgan fingerprint density at radius 3 is 2.88 bits per heavy atom. The summed E-state index contributed by atoms with van der Waals surface area (Å²) in [5, 5.41) is 21.0. The van der Waals surface area contributed by atoms with Gasteiger partial charge in [-0.25, -0.2) is 5.10 Å². The molecule has 1 aromatic heterocycles. The maximum Gasteiger partial charge on any atom is 0.416 e. The minimum Gasteiger partial charge on any atom is -0.267 e. The second-order valence-corrected chi connectivity index (χ2v) is 7.40. The van der Waals surface area contributed by atoms with Crippen LogP contribution in [-0.4, -0.2) is 21.6 Å². The third-order valence-corrected chi connectivity index (χ3v) is 5.71. The molecule has 0 saturated carbocycles. The number of H-pyrrole nitrogens is 1. The number of benzene rings is 1. The number of hydrogen-bond acceptors (Lipinski definition) is 7. The van der Waals surface area contributed by atoms with Gasteiger partial charge in [-0.3, -0.25) is 9.80 Å². The molecule has 0 fully saturated rings. The number of nitrogens with one attached hydrogen (secondary N) is 1. The molecule has 0 saturated heterocycles. The summed E-state index contributed by atoms with van der Waals surface area (Å²) < 4.78 is 38.8. The summed E-state index contributed by atoms with van der Waals surface area (Å²) in [6.45, 7) is 0. The molecule has 2 heterocycles. The fourth-order valence-corrected chi connectivity index (χ4v) is 4.31. The maximum atomic E-state index is 12.8. The van der Waals surface area contributed by atoms with Gasteiger partial charge in [-0.1, -0.05) is 29.6 Å². The lowest BCUT2D eigenvalue weighted by atomic mass is 10.1. The molecule has 0 atom stereocenters. The number of fused-ring (bicyclic) bond motifs is 1. The third kappa shape index (κ3) is 3.71. The van der Waals surface area contributed by atoms with Crippen molar-refractivity contribution in [3.63, 3.8) is 0 Å². The number of halogens is 3. The molecular formula is C15H10F3N5OS2. The van der Waals surface area contributed by atoms with Crippen LogP contribution in [0.5, 0.6) is 0 Å². The first-order chi connectivity index (χ1) is 12.3. The normalized spacial score (nSPS) is 13.8. The van der Waals surface area contributed by atoms with E-state index in [9.17, 15) is 18.0 Å². The third-order valence-electron chi connectivity index (χ3n) is 3.47. The van der Waals surface area contributed by atoms with E-state index in [-0.39, 0.29) is 16.9 Å². The molecule has 11 heteroatoms. The first-order valence-corrected chi connectivity index (χ1v) is 8.90. The Kier molecular flexibility index (Phi) is 4.97. The number of alkyl halides is 3. The zero-order valence-electron chi connectivity index (χ0n) is 13.2. The number of aromatic nitrogens is 2. The van der Waals surface area contributed by atoms with Crippen molar-refractivity contribution < 1.29 is 13.2 Å². The Balaban J connectivity index is 1.79. The summed E-state index contributed by atoms with van der Waals surface area (Å²) >= 11 is 2.39. The van der Waals surface area contributed by atoms with Crippen molar-refractivity contribution in [2.24, 2.45) is 5.10 Å². The van der Waals surface area contributed by atoms with E-state index in [2.05, 4.69) is 15.3 Å². The highest BCUT2D eigenvalue weighted by Crippen LogP contribution is 2.37. The molecule has 0 bridgehead atoms. The number of hydrogen-bond donors (Lipinski definition) is 1. The van der Waals surface area contributed by atoms with E-state index in [4.69, 9.17) is 5.26 Å². The Labute approximate surface area is 154 Å². The van der Waals surface area contributed by atoms with E-state index >= 15 is 0 Å². The molecule has 26 heavy (non-hydrogen) atoms. The maximum absolute atomic E-state index is 12.8. The molecule has 1 N–H and O–H groups in total. The molecule has 0 unspecified atom stereocenters. The van der Waals surface area contributed by atoms with E-state index in [1.807, 2.05) is 0 Å². The predicted molar refractivity (Wildman–Crippen MR) is 94.0 cm³/mol. The highest BCUT2D eigenvalue weighted by atomic mass is 32.2. The lowest BCUT2D eigenvalue weighted by Crippen LogP contribution is -2.22.